The quantitative estimate of drug-likeness (QED) is 0.269. The van der Waals surface area contributed by atoms with Gasteiger partial charge in [-0.15, -0.1) is 0 Å². The third-order valence-electron chi connectivity index (χ3n) is 8.49. The fourth-order valence-electron chi connectivity index (χ4n) is 6.22. The summed E-state index contributed by atoms with van der Waals surface area (Å²) in [6, 6.07) is 9.91. The number of carbonyl (C=O) groups is 2. The molecule has 0 saturated carbocycles. The number of rotatable bonds is 9. The molecule has 238 valence electrons. The van der Waals surface area contributed by atoms with E-state index in [9.17, 15) is 29.3 Å². The van der Waals surface area contributed by atoms with Crippen molar-refractivity contribution in [1.82, 2.24) is 14.9 Å². The first kappa shape index (κ1) is 32.4. The minimum Gasteiger partial charge on any atom is -0.481 e. The maximum atomic E-state index is 14.1. The molecule has 2 aromatic heterocycles. The number of carboxylic acid groups (broad SMARTS) is 1. The molecule has 4 N–H and O–H groups in total. The fourth-order valence-corrected chi connectivity index (χ4v) is 6.22. The van der Waals surface area contributed by atoms with Gasteiger partial charge in [0.2, 0.25) is 0 Å². The SMILES string of the molecule is CC(C)c1nc2c(c(-c3ccc(F)cc3)c1/C=C/[C@@H](O)C[C@@H](O)CC(=O)O)CCCc1nc(C(=O)N3CCC(O)CC3)ccc1-2. The zero-order valence-corrected chi connectivity index (χ0v) is 25.6. The Hall–Kier alpha value is -3.99. The molecule has 45 heavy (non-hydrogen) atoms. The molecule has 1 saturated heterocycles. The van der Waals surface area contributed by atoms with Gasteiger partial charge in [0.1, 0.15) is 11.5 Å². The number of likely N-dealkylation sites (tertiary alicyclic amines) is 1. The molecule has 0 radical (unpaired) electrons. The number of aliphatic carboxylic acids is 1. The highest BCUT2D eigenvalue weighted by atomic mass is 19.1. The summed E-state index contributed by atoms with van der Waals surface area (Å²) < 4.78 is 14.1. The Morgan fingerprint density at radius 1 is 1.04 bits per heavy atom. The predicted octanol–water partition coefficient (Wildman–Crippen LogP) is 4.76. The molecule has 0 unspecified atom stereocenters. The van der Waals surface area contributed by atoms with E-state index in [0.29, 0.717) is 44.5 Å². The number of aliphatic hydroxyl groups is 3. The van der Waals surface area contributed by atoms with Gasteiger partial charge in [0.15, 0.2) is 0 Å². The van der Waals surface area contributed by atoms with E-state index < -0.39 is 24.6 Å². The molecule has 0 bridgehead atoms. The number of aliphatic hydroxyl groups excluding tert-OH is 3. The lowest BCUT2D eigenvalue weighted by Gasteiger charge is -2.29. The molecule has 1 fully saturated rings. The highest BCUT2D eigenvalue weighted by Crippen LogP contribution is 2.42. The zero-order valence-electron chi connectivity index (χ0n) is 25.6. The molecule has 3 heterocycles. The maximum absolute atomic E-state index is 14.1. The van der Waals surface area contributed by atoms with E-state index in [1.807, 2.05) is 19.9 Å². The number of benzene rings is 1. The first-order valence-electron chi connectivity index (χ1n) is 15.6. The van der Waals surface area contributed by atoms with Crippen LogP contribution in [0, 0.1) is 5.82 Å². The zero-order chi connectivity index (χ0) is 32.2. The van der Waals surface area contributed by atoms with Crippen LogP contribution in [-0.4, -0.2) is 78.6 Å². The lowest BCUT2D eigenvalue weighted by molar-refractivity contribution is -0.139. The highest BCUT2D eigenvalue weighted by molar-refractivity contribution is 5.93. The number of carbonyl (C=O) groups excluding carboxylic acids is 1. The Balaban J connectivity index is 1.60. The van der Waals surface area contributed by atoms with E-state index in [1.165, 1.54) is 18.2 Å². The third kappa shape index (κ3) is 7.46. The number of aryl methyl sites for hydroxylation is 1. The topological polar surface area (TPSA) is 144 Å². The Labute approximate surface area is 262 Å². The lowest BCUT2D eigenvalue weighted by Crippen LogP contribution is -2.40. The van der Waals surface area contributed by atoms with Crippen molar-refractivity contribution in [3.05, 3.63) is 76.5 Å². The summed E-state index contributed by atoms with van der Waals surface area (Å²) >= 11 is 0. The maximum Gasteiger partial charge on any atom is 0.305 e. The second-order valence-corrected chi connectivity index (χ2v) is 12.3. The molecular weight excluding hydrogens is 577 g/mol. The van der Waals surface area contributed by atoms with Crippen LogP contribution in [0.3, 0.4) is 0 Å². The summed E-state index contributed by atoms with van der Waals surface area (Å²) in [5.41, 5.74) is 6.87. The summed E-state index contributed by atoms with van der Waals surface area (Å²) in [6.45, 7) is 5.01. The Morgan fingerprint density at radius 3 is 2.42 bits per heavy atom. The first-order valence-corrected chi connectivity index (χ1v) is 15.6. The minimum absolute atomic E-state index is 0.0427. The van der Waals surface area contributed by atoms with Gasteiger partial charge in [-0.05, 0) is 79.0 Å². The summed E-state index contributed by atoms with van der Waals surface area (Å²) in [5, 5.41) is 39.5. The van der Waals surface area contributed by atoms with Gasteiger partial charge < -0.3 is 25.3 Å². The van der Waals surface area contributed by atoms with Crippen molar-refractivity contribution in [1.29, 1.82) is 0 Å². The van der Waals surface area contributed by atoms with Crippen molar-refractivity contribution in [2.24, 2.45) is 0 Å². The first-order chi connectivity index (χ1) is 21.5. The number of hydrogen-bond acceptors (Lipinski definition) is 7. The number of fused-ring (bicyclic) bond motifs is 3. The number of aromatic nitrogens is 2. The van der Waals surface area contributed by atoms with Crippen LogP contribution in [0.1, 0.15) is 84.9 Å². The van der Waals surface area contributed by atoms with Crippen LogP contribution in [0.25, 0.3) is 28.5 Å². The second-order valence-electron chi connectivity index (χ2n) is 12.3. The van der Waals surface area contributed by atoms with Crippen molar-refractivity contribution >= 4 is 18.0 Å². The summed E-state index contributed by atoms with van der Waals surface area (Å²) in [6.07, 6.45) is 3.15. The molecule has 3 aromatic rings. The number of nitrogens with zero attached hydrogens (tertiary/aromatic N) is 3. The van der Waals surface area contributed by atoms with Crippen LogP contribution in [0.4, 0.5) is 4.39 Å². The second kappa shape index (κ2) is 14.0. The molecule has 5 rings (SSSR count). The van der Waals surface area contributed by atoms with Crippen molar-refractivity contribution in [3.8, 4) is 22.4 Å². The van der Waals surface area contributed by atoms with E-state index in [-0.39, 0.29) is 30.2 Å². The number of halogens is 1. The number of piperidine rings is 1. The van der Waals surface area contributed by atoms with E-state index in [4.69, 9.17) is 15.1 Å². The molecule has 1 aromatic carbocycles. The molecule has 1 aliphatic carbocycles. The van der Waals surface area contributed by atoms with Crippen molar-refractivity contribution in [2.45, 2.75) is 83.0 Å². The minimum atomic E-state index is -1.20. The summed E-state index contributed by atoms with van der Waals surface area (Å²) in [4.78, 5) is 36.0. The molecule has 2 atom stereocenters. The van der Waals surface area contributed by atoms with Gasteiger partial charge >= 0.3 is 5.97 Å². The van der Waals surface area contributed by atoms with Gasteiger partial charge in [0.25, 0.3) is 5.91 Å². The van der Waals surface area contributed by atoms with Crippen LogP contribution < -0.4 is 0 Å². The predicted molar refractivity (Wildman–Crippen MR) is 168 cm³/mol. The summed E-state index contributed by atoms with van der Waals surface area (Å²) in [5.74, 6) is -1.70. The van der Waals surface area contributed by atoms with Crippen molar-refractivity contribution in [3.63, 3.8) is 0 Å². The average molecular weight is 618 g/mol. The van der Waals surface area contributed by atoms with Crippen LogP contribution in [0.2, 0.25) is 0 Å². The molecule has 9 nitrogen and oxygen atoms in total. The monoisotopic (exact) mass is 617 g/mol. The van der Waals surface area contributed by atoms with Gasteiger partial charge in [-0.3, -0.25) is 14.6 Å². The van der Waals surface area contributed by atoms with Crippen LogP contribution in [0.15, 0.2) is 42.5 Å². The smallest absolute Gasteiger partial charge is 0.305 e. The molecule has 1 aliphatic heterocycles. The highest BCUT2D eigenvalue weighted by Gasteiger charge is 2.28. The van der Waals surface area contributed by atoms with Crippen LogP contribution in [0.5, 0.6) is 0 Å². The van der Waals surface area contributed by atoms with E-state index in [1.54, 1.807) is 29.2 Å². The molecule has 2 aliphatic rings. The van der Waals surface area contributed by atoms with Gasteiger partial charge in [-0.1, -0.05) is 38.1 Å². The Bertz CT molecular complexity index is 1580. The Morgan fingerprint density at radius 2 is 1.76 bits per heavy atom. The standard InChI is InChI=1S/C35H40FN3O6/c1-20(2)33-28(11-10-24(41)18-25(42)19-31(43)44)32(21-6-8-22(36)9-7-21)27-4-3-5-29-26(34(27)38-33)12-13-30(37-29)35(45)39-16-14-23(40)15-17-39/h6-13,20,23-25,40-42H,3-5,14-19H2,1-2H3,(H,43,44)/b11-10+/t24-,25-/m1/s1. The lowest BCUT2D eigenvalue weighted by atomic mass is 9.86. The number of hydrogen-bond donors (Lipinski definition) is 4. The summed E-state index contributed by atoms with van der Waals surface area (Å²) in [7, 11) is 0. The number of amides is 1. The molecule has 0 spiro atoms. The normalized spacial score (nSPS) is 16.7. The fraction of sp³-hybridized carbons (Fsp3) is 0.429. The van der Waals surface area contributed by atoms with Crippen molar-refractivity contribution in [2.75, 3.05) is 13.1 Å². The van der Waals surface area contributed by atoms with Crippen LogP contribution >= 0.6 is 0 Å². The molecular formula is C35H40FN3O6. The van der Waals surface area contributed by atoms with E-state index >= 15 is 0 Å². The van der Waals surface area contributed by atoms with E-state index in [2.05, 4.69) is 0 Å². The van der Waals surface area contributed by atoms with E-state index in [0.717, 1.165) is 51.3 Å². The Kier molecular flexibility index (Phi) is 10.1. The molecule has 1 amide bonds. The molecule has 10 heteroatoms. The third-order valence-corrected chi connectivity index (χ3v) is 8.49. The van der Waals surface area contributed by atoms with Crippen molar-refractivity contribution < 1.29 is 34.4 Å². The average Bonchev–Trinajstić information content (AvgIpc) is 3.18. The van der Waals surface area contributed by atoms with Gasteiger partial charge in [-0.2, -0.15) is 0 Å². The van der Waals surface area contributed by atoms with Gasteiger partial charge in [-0.25, -0.2) is 9.37 Å². The van der Waals surface area contributed by atoms with Gasteiger partial charge in [0, 0.05) is 30.6 Å². The number of carboxylic acids is 1. The number of pyridine rings is 2. The largest absolute Gasteiger partial charge is 0.481 e. The van der Waals surface area contributed by atoms with Crippen LogP contribution in [-0.2, 0) is 17.6 Å². The van der Waals surface area contributed by atoms with Gasteiger partial charge in [0.05, 0.1) is 41.8 Å².